The van der Waals surface area contributed by atoms with E-state index >= 15 is 0 Å². The van der Waals surface area contributed by atoms with Gasteiger partial charge in [0.25, 0.3) is 0 Å². The summed E-state index contributed by atoms with van der Waals surface area (Å²) in [5, 5.41) is 0. The number of anilines is 2. The summed E-state index contributed by atoms with van der Waals surface area (Å²) < 4.78 is 0.459. The lowest BCUT2D eigenvalue weighted by molar-refractivity contribution is 1.06. The summed E-state index contributed by atoms with van der Waals surface area (Å²) in [5.41, 5.74) is 5.45. The van der Waals surface area contributed by atoms with E-state index in [-0.39, 0.29) is 0 Å². The van der Waals surface area contributed by atoms with E-state index in [2.05, 4.69) is 83.1 Å². The number of alkyl halides is 1. The molecule has 0 aromatic heterocycles. The van der Waals surface area contributed by atoms with Gasteiger partial charge >= 0.3 is 0 Å². The smallest absolute Gasteiger partial charge is 0.0649 e. The minimum absolute atomic E-state index is 0.459. The highest BCUT2D eigenvalue weighted by atomic mass is 127. The molecule has 80 valence electrons. The van der Waals surface area contributed by atoms with E-state index in [0.717, 1.165) is 0 Å². The first-order chi connectivity index (χ1) is 7.79. The molecule has 2 aromatic carbocycles. The summed E-state index contributed by atoms with van der Waals surface area (Å²) in [5.74, 6) is 0. The highest BCUT2D eigenvalue weighted by molar-refractivity contribution is 14.1. The second-order valence-corrected chi connectivity index (χ2v) is 5.28. The third kappa shape index (κ3) is 1.36. The summed E-state index contributed by atoms with van der Waals surface area (Å²) in [7, 11) is 2.14. The molecule has 16 heavy (non-hydrogen) atoms. The van der Waals surface area contributed by atoms with Gasteiger partial charge in [-0.05, 0) is 23.3 Å². The first-order valence-electron chi connectivity index (χ1n) is 5.34. The van der Waals surface area contributed by atoms with Gasteiger partial charge in [-0.2, -0.15) is 0 Å². The molecular weight excluding hydrogens is 309 g/mol. The summed E-state index contributed by atoms with van der Waals surface area (Å²) >= 11 is 2.52. The third-order valence-corrected chi connectivity index (χ3v) is 4.48. The molecular formula is C14H12IN. The van der Waals surface area contributed by atoms with Crippen LogP contribution in [-0.4, -0.2) is 7.05 Å². The molecule has 0 radical (unpaired) electrons. The van der Waals surface area contributed by atoms with Gasteiger partial charge in [-0.3, -0.25) is 0 Å². The fourth-order valence-corrected chi connectivity index (χ4v) is 3.37. The molecule has 0 bridgehead atoms. The Kier molecular flexibility index (Phi) is 2.39. The lowest BCUT2D eigenvalue weighted by Crippen LogP contribution is -2.19. The number of fused-ring (bicyclic) bond motifs is 2. The van der Waals surface area contributed by atoms with Crippen LogP contribution >= 0.6 is 22.6 Å². The van der Waals surface area contributed by atoms with E-state index in [0.29, 0.717) is 3.92 Å². The van der Waals surface area contributed by atoms with E-state index in [1.54, 1.807) is 0 Å². The fraction of sp³-hybridized carbons (Fsp3) is 0.143. The molecule has 1 nitrogen and oxygen atoms in total. The molecule has 0 atom stereocenters. The lowest BCUT2D eigenvalue weighted by atomic mass is 9.96. The number of benzene rings is 2. The van der Waals surface area contributed by atoms with Gasteiger partial charge in [-0.15, -0.1) is 0 Å². The van der Waals surface area contributed by atoms with E-state index in [9.17, 15) is 0 Å². The zero-order valence-electron chi connectivity index (χ0n) is 9.02. The molecule has 0 aliphatic carbocycles. The second-order valence-electron chi connectivity index (χ2n) is 4.04. The van der Waals surface area contributed by atoms with Crippen LogP contribution in [0.25, 0.3) is 0 Å². The maximum absolute atomic E-state index is 2.52. The Balaban J connectivity index is 2.26. The highest BCUT2D eigenvalue weighted by Crippen LogP contribution is 2.47. The Morgan fingerprint density at radius 2 is 1.31 bits per heavy atom. The van der Waals surface area contributed by atoms with Crippen molar-refractivity contribution in [1.29, 1.82) is 0 Å². The topological polar surface area (TPSA) is 3.24 Å². The van der Waals surface area contributed by atoms with Gasteiger partial charge in [0.1, 0.15) is 0 Å². The molecule has 0 N–H and O–H groups in total. The van der Waals surface area contributed by atoms with Gasteiger partial charge in [0.05, 0.1) is 3.92 Å². The molecule has 0 unspecified atom stereocenters. The van der Waals surface area contributed by atoms with Crippen LogP contribution < -0.4 is 4.90 Å². The van der Waals surface area contributed by atoms with Crippen LogP contribution in [0.1, 0.15) is 15.1 Å². The maximum Gasteiger partial charge on any atom is 0.0649 e. The van der Waals surface area contributed by atoms with Crippen molar-refractivity contribution < 1.29 is 0 Å². The normalized spacial score (nSPS) is 14.5. The maximum atomic E-state index is 2.52. The van der Waals surface area contributed by atoms with Gasteiger partial charge in [0.2, 0.25) is 0 Å². The van der Waals surface area contributed by atoms with Crippen LogP contribution in [0, 0.1) is 0 Å². The van der Waals surface area contributed by atoms with Crippen molar-refractivity contribution in [3.63, 3.8) is 0 Å². The average molecular weight is 321 g/mol. The molecule has 1 aliphatic rings. The van der Waals surface area contributed by atoms with Crippen molar-refractivity contribution in [1.82, 2.24) is 0 Å². The van der Waals surface area contributed by atoms with Crippen LogP contribution in [0.5, 0.6) is 0 Å². The van der Waals surface area contributed by atoms with Gasteiger partial charge in [0.15, 0.2) is 0 Å². The molecule has 0 saturated carbocycles. The largest absolute Gasteiger partial charge is 0.344 e. The number of rotatable bonds is 0. The molecule has 1 aliphatic heterocycles. The zero-order valence-corrected chi connectivity index (χ0v) is 11.2. The quantitative estimate of drug-likeness (QED) is 0.517. The van der Waals surface area contributed by atoms with Crippen molar-refractivity contribution >= 4 is 34.0 Å². The summed E-state index contributed by atoms with van der Waals surface area (Å²) in [6.45, 7) is 0. The van der Waals surface area contributed by atoms with E-state index < -0.39 is 0 Å². The number of halogens is 1. The molecule has 2 aromatic rings. The van der Waals surface area contributed by atoms with Gasteiger partial charge < -0.3 is 4.90 Å². The number of para-hydroxylation sites is 2. The van der Waals surface area contributed by atoms with Crippen LogP contribution in [0.15, 0.2) is 48.5 Å². The molecule has 0 saturated heterocycles. The molecule has 0 amide bonds. The molecule has 0 spiro atoms. The Morgan fingerprint density at radius 1 is 0.875 bits per heavy atom. The molecule has 1 heterocycles. The van der Waals surface area contributed by atoms with Crippen molar-refractivity contribution in [2.24, 2.45) is 0 Å². The Morgan fingerprint density at radius 3 is 1.81 bits per heavy atom. The Hall–Kier alpha value is -1.03. The summed E-state index contributed by atoms with van der Waals surface area (Å²) in [6, 6.07) is 17.3. The predicted octanol–water partition coefficient (Wildman–Crippen LogP) is 4.29. The average Bonchev–Trinajstić information content (AvgIpc) is 2.36. The second kappa shape index (κ2) is 3.77. The van der Waals surface area contributed by atoms with E-state index in [1.807, 2.05) is 0 Å². The fourth-order valence-electron chi connectivity index (χ4n) is 2.31. The molecule has 0 fully saturated rings. The number of hydrogen-bond acceptors (Lipinski definition) is 1. The third-order valence-electron chi connectivity index (χ3n) is 3.14. The highest BCUT2D eigenvalue weighted by Gasteiger charge is 2.25. The number of nitrogens with zero attached hydrogens (tertiary/aromatic N) is 1. The molecule has 3 rings (SSSR count). The lowest BCUT2D eigenvalue weighted by Gasteiger charge is -2.32. The van der Waals surface area contributed by atoms with Crippen molar-refractivity contribution in [3.05, 3.63) is 59.7 Å². The minimum atomic E-state index is 0.459. The van der Waals surface area contributed by atoms with Crippen LogP contribution in [0.3, 0.4) is 0 Å². The van der Waals surface area contributed by atoms with Crippen LogP contribution in [0.4, 0.5) is 11.4 Å². The summed E-state index contributed by atoms with van der Waals surface area (Å²) in [4.78, 5) is 2.28. The van der Waals surface area contributed by atoms with Gasteiger partial charge in [0, 0.05) is 18.4 Å². The van der Waals surface area contributed by atoms with Gasteiger partial charge in [-0.25, -0.2) is 0 Å². The zero-order chi connectivity index (χ0) is 11.1. The standard InChI is InChI=1S/C14H12IN/c1-16-12-8-4-2-6-10(12)14(15)11-7-3-5-9-13(11)16/h2-9,14H,1H3. The Labute approximate surface area is 109 Å². The SMILES string of the molecule is CN1c2ccccc2C(I)c2ccccc21. The number of hydrogen-bond donors (Lipinski definition) is 0. The van der Waals surface area contributed by atoms with Crippen LogP contribution in [-0.2, 0) is 0 Å². The Bertz CT molecular complexity index is 440. The van der Waals surface area contributed by atoms with E-state index in [1.165, 1.54) is 22.5 Å². The predicted molar refractivity (Wildman–Crippen MR) is 76.8 cm³/mol. The van der Waals surface area contributed by atoms with Crippen molar-refractivity contribution in [3.8, 4) is 0 Å². The van der Waals surface area contributed by atoms with E-state index in [4.69, 9.17) is 0 Å². The van der Waals surface area contributed by atoms with Crippen molar-refractivity contribution in [2.75, 3.05) is 11.9 Å². The first-order valence-corrected chi connectivity index (χ1v) is 6.59. The summed E-state index contributed by atoms with van der Waals surface area (Å²) in [6.07, 6.45) is 0. The monoisotopic (exact) mass is 321 g/mol. The molecule has 2 heteroatoms. The van der Waals surface area contributed by atoms with Gasteiger partial charge in [-0.1, -0.05) is 59.0 Å². The van der Waals surface area contributed by atoms with Crippen molar-refractivity contribution in [2.45, 2.75) is 3.92 Å². The van der Waals surface area contributed by atoms with Crippen LogP contribution in [0.2, 0.25) is 0 Å². The first kappa shape index (κ1) is 10.1. The minimum Gasteiger partial charge on any atom is -0.344 e.